The summed E-state index contributed by atoms with van der Waals surface area (Å²) in [6.45, 7) is 9.03. The van der Waals surface area contributed by atoms with Gasteiger partial charge in [-0.1, -0.05) is 13.8 Å². The van der Waals surface area contributed by atoms with Crippen molar-refractivity contribution in [2.75, 3.05) is 13.6 Å². The van der Waals surface area contributed by atoms with E-state index in [1.54, 1.807) is 23.3 Å². The molecule has 0 spiro atoms. The number of rotatable bonds is 4. The third-order valence-electron chi connectivity index (χ3n) is 4.42. The van der Waals surface area contributed by atoms with Crippen LogP contribution in [0.25, 0.3) is 0 Å². The zero-order valence-electron chi connectivity index (χ0n) is 14.6. The molecule has 1 fully saturated rings. The molecule has 3 amide bonds. The molecule has 2 rings (SSSR count). The first-order valence-electron chi connectivity index (χ1n) is 8.20. The molecule has 0 aliphatic carbocycles. The Kier molecular flexibility index (Phi) is 5.68. The van der Waals surface area contributed by atoms with Gasteiger partial charge in [0.25, 0.3) is 0 Å². The van der Waals surface area contributed by atoms with E-state index in [-0.39, 0.29) is 29.9 Å². The molecule has 1 saturated heterocycles. The van der Waals surface area contributed by atoms with Crippen LogP contribution >= 0.6 is 11.3 Å². The topological polar surface area (TPSA) is 61.4 Å². The summed E-state index contributed by atoms with van der Waals surface area (Å²) in [7, 11) is 1.62. The number of likely N-dealkylation sites (N-methyl/N-ethyl adjacent to an activating group) is 1. The van der Waals surface area contributed by atoms with Gasteiger partial charge in [0.2, 0.25) is 5.91 Å². The summed E-state index contributed by atoms with van der Waals surface area (Å²) in [5.41, 5.74) is 1.19. The fourth-order valence-corrected chi connectivity index (χ4v) is 4.20. The average Bonchev–Trinajstić information content (AvgIpc) is 3.10. The molecule has 0 bridgehead atoms. The number of carbonyl (C=O) groups is 2. The first-order chi connectivity index (χ1) is 10.8. The number of aryl methyl sites for hydroxylation is 2. The number of nitrogens with zero attached hydrogens (tertiary/aromatic N) is 1. The Morgan fingerprint density at radius 1 is 1.35 bits per heavy atom. The molecule has 1 aromatic heterocycles. The highest BCUT2D eigenvalue weighted by Gasteiger charge is 2.35. The molecule has 0 aromatic carbocycles. The highest BCUT2D eigenvalue weighted by Crippen LogP contribution is 2.31. The van der Waals surface area contributed by atoms with Crippen LogP contribution in [0.15, 0.2) is 6.07 Å². The molecule has 1 aliphatic rings. The lowest BCUT2D eigenvalue weighted by atomic mass is 9.96. The lowest BCUT2D eigenvalue weighted by molar-refractivity contribution is -0.124. The van der Waals surface area contributed by atoms with Crippen LogP contribution in [0.4, 0.5) is 4.79 Å². The van der Waals surface area contributed by atoms with Gasteiger partial charge in [-0.15, -0.1) is 11.3 Å². The molecule has 0 radical (unpaired) electrons. The maximum Gasteiger partial charge on any atom is 0.318 e. The normalized spacial score (nSPS) is 19.0. The maximum absolute atomic E-state index is 12.7. The molecule has 5 nitrogen and oxygen atoms in total. The van der Waals surface area contributed by atoms with E-state index in [0.29, 0.717) is 6.54 Å². The van der Waals surface area contributed by atoms with E-state index in [9.17, 15) is 9.59 Å². The Hall–Kier alpha value is -1.56. The summed E-state index contributed by atoms with van der Waals surface area (Å²) >= 11 is 1.75. The summed E-state index contributed by atoms with van der Waals surface area (Å²) < 4.78 is 0. The lowest BCUT2D eigenvalue weighted by Crippen LogP contribution is -2.50. The Balaban J connectivity index is 2.15. The summed E-state index contributed by atoms with van der Waals surface area (Å²) in [4.78, 5) is 28.8. The molecule has 2 atom stereocenters. The first kappa shape index (κ1) is 17.8. The van der Waals surface area contributed by atoms with Gasteiger partial charge in [-0.2, -0.15) is 0 Å². The number of carbonyl (C=O) groups excluding carboxylic acids is 2. The van der Waals surface area contributed by atoms with E-state index in [2.05, 4.69) is 44.4 Å². The lowest BCUT2D eigenvalue weighted by Gasteiger charge is -2.29. The average molecular weight is 337 g/mol. The predicted molar refractivity (Wildman–Crippen MR) is 93.7 cm³/mol. The number of nitrogens with one attached hydrogen (secondary N) is 2. The van der Waals surface area contributed by atoms with Crippen molar-refractivity contribution >= 4 is 23.3 Å². The molecular formula is C17H27N3O2S. The highest BCUT2D eigenvalue weighted by molar-refractivity contribution is 7.12. The second kappa shape index (κ2) is 7.34. The van der Waals surface area contributed by atoms with E-state index in [1.165, 1.54) is 15.3 Å². The van der Waals surface area contributed by atoms with Crippen LogP contribution in [0.5, 0.6) is 0 Å². The fourth-order valence-electron chi connectivity index (χ4n) is 3.23. The van der Waals surface area contributed by atoms with E-state index in [0.717, 1.165) is 12.8 Å². The molecule has 1 aromatic rings. The number of hydrogen-bond donors (Lipinski definition) is 2. The first-order valence-corrected chi connectivity index (χ1v) is 9.02. The molecular weight excluding hydrogens is 310 g/mol. The summed E-state index contributed by atoms with van der Waals surface area (Å²) in [6, 6.07) is 1.64. The molecule has 1 aliphatic heterocycles. The summed E-state index contributed by atoms with van der Waals surface area (Å²) in [5, 5.41) is 5.80. The van der Waals surface area contributed by atoms with Crippen molar-refractivity contribution in [3.8, 4) is 0 Å². The zero-order valence-corrected chi connectivity index (χ0v) is 15.4. The molecule has 23 heavy (non-hydrogen) atoms. The van der Waals surface area contributed by atoms with Crippen LogP contribution in [0, 0.1) is 19.8 Å². The largest absolute Gasteiger partial charge is 0.357 e. The molecule has 6 heteroatoms. The summed E-state index contributed by atoms with van der Waals surface area (Å²) in [6.07, 6.45) is 1.60. The van der Waals surface area contributed by atoms with Gasteiger partial charge < -0.3 is 15.5 Å². The molecule has 2 heterocycles. The van der Waals surface area contributed by atoms with E-state index in [1.807, 2.05) is 0 Å². The van der Waals surface area contributed by atoms with Crippen molar-refractivity contribution < 1.29 is 9.59 Å². The van der Waals surface area contributed by atoms with E-state index in [4.69, 9.17) is 0 Å². The van der Waals surface area contributed by atoms with Gasteiger partial charge in [0.1, 0.15) is 6.04 Å². The van der Waals surface area contributed by atoms with Crippen molar-refractivity contribution in [1.29, 1.82) is 0 Å². The van der Waals surface area contributed by atoms with Gasteiger partial charge in [-0.25, -0.2) is 4.79 Å². The minimum absolute atomic E-state index is 0.0293. The molecule has 128 valence electrons. The zero-order chi connectivity index (χ0) is 17.1. The van der Waals surface area contributed by atoms with Crippen molar-refractivity contribution in [3.63, 3.8) is 0 Å². The third kappa shape index (κ3) is 3.86. The number of hydrogen-bond acceptors (Lipinski definition) is 3. The van der Waals surface area contributed by atoms with Crippen LogP contribution in [0.2, 0.25) is 0 Å². The van der Waals surface area contributed by atoms with Gasteiger partial charge in [-0.05, 0) is 44.2 Å². The highest BCUT2D eigenvalue weighted by atomic mass is 32.1. The Morgan fingerprint density at radius 3 is 2.57 bits per heavy atom. The van der Waals surface area contributed by atoms with Crippen LogP contribution in [-0.2, 0) is 4.79 Å². The second-order valence-electron chi connectivity index (χ2n) is 6.51. The van der Waals surface area contributed by atoms with Crippen LogP contribution in [0.1, 0.15) is 48.0 Å². The minimum Gasteiger partial charge on any atom is -0.357 e. The minimum atomic E-state index is -0.349. The number of amides is 3. The number of likely N-dealkylation sites (tertiary alicyclic amines) is 1. The molecule has 0 unspecified atom stereocenters. The van der Waals surface area contributed by atoms with Gasteiger partial charge in [0.15, 0.2) is 0 Å². The predicted octanol–water partition coefficient (Wildman–Crippen LogP) is 2.98. The number of thiophene rings is 1. The molecule has 2 N–H and O–H groups in total. The standard InChI is InChI=1S/C17H27N3O2S/c1-10(2)15(13-9-11(3)23-12(13)4)19-17(22)20-8-6-7-14(20)16(21)18-5/h9-10,14-15H,6-8H2,1-5H3,(H,18,21)(H,19,22)/t14-,15+/m1/s1. The quantitative estimate of drug-likeness (QED) is 0.887. The maximum atomic E-state index is 12.7. The molecule has 0 saturated carbocycles. The van der Waals surface area contributed by atoms with Crippen LogP contribution in [0.3, 0.4) is 0 Å². The van der Waals surface area contributed by atoms with Crippen LogP contribution in [-0.4, -0.2) is 36.5 Å². The SMILES string of the molecule is CNC(=O)[C@H]1CCCN1C(=O)N[C@H](c1cc(C)sc1C)C(C)C. The van der Waals surface area contributed by atoms with Crippen LogP contribution < -0.4 is 10.6 Å². The van der Waals surface area contributed by atoms with Gasteiger partial charge in [0.05, 0.1) is 6.04 Å². The third-order valence-corrected chi connectivity index (χ3v) is 5.40. The van der Waals surface area contributed by atoms with Gasteiger partial charge in [-0.3, -0.25) is 4.79 Å². The Morgan fingerprint density at radius 2 is 2.04 bits per heavy atom. The monoisotopic (exact) mass is 337 g/mol. The number of urea groups is 1. The van der Waals surface area contributed by atoms with Crippen molar-refractivity contribution in [2.24, 2.45) is 5.92 Å². The van der Waals surface area contributed by atoms with E-state index >= 15 is 0 Å². The smallest absolute Gasteiger partial charge is 0.318 e. The van der Waals surface area contributed by atoms with Crippen molar-refractivity contribution in [1.82, 2.24) is 15.5 Å². The second-order valence-corrected chi connectivity index (χ2v) is 7.97. The van der Waals surface area contributed by atoms with Crippen molar-refractivity contribution in [3.05, 3.63) is 21.4 Å². The Labute approximate surface area is 142 Å². The van der Waals surface area contributed by atoms with Gasteiger partial charge >= 0.3 is 6.03 Å². The van der Waals surface area contributed by atoms with E-state index < -0.39 is 0 Å². The fraction of sp³-hybridized carbons (Fsp3) is 0.647. The van der Waals surface area contributed by atoms with Crippen molar-refractivity contribution in [2.45, 2.75) is 52.6 Å². The Bertz CT molecular complexity index is 582. The van der Waals surface area contributed by atoms with Gasteiger partial charge in [0, 0.05) is 23.3 Å². The summed E-state index contributed by atoms with van der Waals surface area (Å²) in [5.74, 6) is 0.203.